The summed E-state index contributed by atoms with van der Waals surface area (Å²) in [4.78, 5) is 91.9. The zero-order chi connectivity index (χ0) is 33.5. The Morgan fingerprint density at radius 2 is 1.40 bits per heavy atom. The standard InChI is InChI=1S/C30H35N5O10/c1-17(31-24(37)18(2)32-28(41)44-30(3,4)5)25(38)33-20-13-11-19(12-14-20)16-43-29(42)34(6)15-23(36)45-35-26(39)21-9-7-8-10-22(21)27(35)40/h7-14,17-18H,15-16H2,1-6H3,(H,31,37)(H,32,41)(H,33,38)/t17-,18-/m0/s1. The van der Waals surface area contributed by atoms with Crippen molar-refractivity contribution in [3.05, 3.63) is 65.2 Å². The number of carbonyl (C=O) groups excluding carboxylic acids is 7. The van der Waals surface area contributed by atoms with Crippen LogP contribution in [-0.2, 0) is 35.3 Å². The molecule has 0 spiro atoms. The normalized spacial score (nSPS) is 13.6. The van der Waals surface area contributed by atoms with Crippen molar-refractivity contribution >= 4 is 47.5 Å². The number of amides is 6. The Hall–Kier alpha value is -5.47. The maximum Gasteiger partial charge on any atom is 0.410 e. The molecule has 2 aromatic carbocycles. The average Bonchev–Trinajstić information content (AvgIpc) is 3.20. The molecule has 0 aromatic heterocycles. The van der Waals surface area contributed by atoms with Gasteiger partial charge < -0.3 is 35.2 Å². The van der Waals surface area contributed by atoms with Crippen molar-refractivity contribution in [2.24, 2.45) is 0 Å². The van der Waals surface area contributed by atoms with Crippen molar-refractivity contribution in [3.63, 3.8) is 0 Å². The Morgan fingerprint density at radius 3 is 1.96 bits per heavy atom. The van der Waals surface area contributed by atoms with Crippen LogP contribution in [0.1, 0.15) is 60.9 Å². The highest BCUT2D eigenvalue weighted by Gasteiger charge is 2.39. The fourth-order valence-electron chi connectivity index (χ4n) is 3.78. The van der Waals surface area contributed by atoms with Gasteiger partial charge in [-0.2, -0.15) is 0 Å². The summed E-state index contributed by atoms with van der Waals surface area (Å²) in [7, 11) is 1.28. The summed E-state index contributed by atoms with van der Waals surface area (Å²) in [5.41, 5.74) is 0.450. The molecule has 240 valence electrons. The summed E-state index contributed by atoms with van der Waals surface area (Å²) in [6, 6.07) is 10.4. The van der Waals surface area contributed by atoms with Crippen LogP contribution in [0, 0.1) is 0 Å². The van der Waals surface area contributed by atoms with Crippen molar-refractivity contribution in [3.8, 4) is 0 Å². The molecule has 0 unspecified atom stereocenters. The van der Waals surface area contributed by atoms with Gasteiger partial charge in [-0.25, -0.2) is 14.4 Å². The number of fused-ring (bicyclic) bond motifs is 1. The lowest BCUT2D eigenvalue weighted by molar-refractivity contribution is -0.169. The maximum atomic E-state index is 12.6. The van der Waals surface area contributed by atoms with Crippen molar-refractivity contribution in [1.29, 1.82) is 0 Å². The molecule has 1 heterocycles. The van der Waals surface area contributed by atoms with E-state index in [1.165, 1.54) is 33.0 Å². The van der Waals surface area contributed by atoms with Gasteiger partial charge in [0.05, 0.1) is 11.1 Å². The Morgan fingerprint density at radius 1 is 0.844 bits per heavy atom. The maximum absolute atomic E-state index is 12.6. The van der Waals surface area contributed by atoms with Crippen molar-refractivity contribution < 1.29 is 47.9 Å². The molecule has 0 aliphatic carbocycles. The number of ether oxygens (including phenoxy) is 2. The lowest BCUT2D eigenvalue weighted by Gasteiger charge is -2.22. The Kier molecular flexibility index (Phi) is 10.8. The van der Waals surface area contributed by atoms with Crippen LogP contribution in [0.2, 0.25) is 0 Å². The predicted molar refractivity (Wildman–Crippen MR) is 157 cm³/mol. The van der Waals surface area contributed by atoms with Gasteiger partial charge in [0.25, 0.3) is 11.8 Å². The van der Waals surface area contributed by atoms with Gasteiger partial charge in [-0.1, -0.05) is 29.3 Å². The molecule has 2 aromatic rings. The minimum absolute atomic E-state index is 0.106. The molecule has 0 radical (unpaired) electrons. The Bertz CT molecular complexity index is 1450. The van der Waals surface area contributed by atoms with Gasteiger partial charge in [0.1, 0.15) is 30.8 Å². The molecule has 0 fully saturated rings. The van der Waals surface area contributed by atoms with E-state index in [1.807, 2.05) is 0 Å². The molecule has 1 aliphatic heterocycles. The van der Waals surface area contributed by atoms with Gasteiger partial charge in [-0.05, 0) is 64.4 Å². The second kappa shape index (κ2) is 14.3. The number of rotatable bonds is 10. The number of hydrogen-bond acceptors (Lipinski definition) is 10. The first kappa shape index (κ1) is 34.0. The van der Waals surface area contributed by atoms with E-state index >= 15 is 0 Å². The summed E-state index contributed by atoms with van der Waals surface area (Å²) in [6.45, 7) is 7.24. The first-order valence-electron chi connectivity index (χ1n) is 13.8. The summed E-state index contributed by atoms with van der Waals surface area (Å²) < 4.78 is 10.3. The molecule has 45 heavy (non-hydrogen) atoms. The van der Waals surface area contributed by atoms with E-state index in [1.54, 1.807) is 57.2 Å². The van der Waals surface area contributed by atoms with E-state index in [2.05, 4.69) is 16.0 Å². The van der Waals surface area contributed by atoms with Gasteiger partial charge in [-0.3, -0.25) is 19.2 Å². The number of imide groups is 1. The van der Waals surface area contributed by atoms with Gasteiger partial charge in [-0.15, -0.1) is 0 Å². The van der Waals surface area contributed by atoms with Crippen LogP contribution in [0.3, 0.4) is 0 Å². The average molecular weight is 626 g/mol. The molecule has 15 heteroatoms. The molecule has 3 rings (SSSR count). The third-order valence-corrected chi connectivity index (χ3v) is 6.09. The lowest BCUT2D eigenvalue weighted by Crippen LogP contribution is -2.51. The lowest BCUT2D eigenvalue weighted by atomic mass is 10.1. The van der Waals surface area contributed by atoms with E-state index in [4.69, 9.17) is 14.3 Å². The highest BCUT2D eigenvalue weighted by atomic mass is 16.7. The highest BCUT2D eigenvalue weighted by Crippen LogP contribution is 2.22. The second-order valence-electron chi connectivity index (χ2n) is 11.1. The largest absolute Gasteiger partial charge is 0.445 e. The van der Waals surface area contributed by atoms with Crippen molar-refractivity contribution in [1.82, 2.24) is 20.6 Å². The molecule has 0 bridgehead atoms. The molecular formula is C30H35N5O10. The molecule has 0 saturated heterocycles. The van der Waals surface area contributed by atoms with Crippen LogP contribution in [-0.4, -0.2) is 83.0 Å². The quantitative estimate of drug-likeness (QED) is 0.331. The minimum atomic E-state index is -1.02. The third kappa shape index (κ3) is 9.51. The zero-order valence-electron chi connectivity index (χ0n) is 25.7. The first-order valence-corrected chi connectivity index (χ1v) is 13.8. The number of nitrogens with one attached hydrogen (secondary N) is 3. The van der Waals surface area contributed by atoms with Crippen molar-refractivity contribution in [2.75, 3.05) is 18.9 Å². The monoisotopic (exact) mass is 625 g/mol. The molecule has 0 saturated carbocycles. The minimum Gasteiger partial charge on any atom is -0.445 e. The SMILES string of the molecule is C[C@H](NC(=O)OC(C)(C)C)C(=O)N[C@@H](C)C(=O)Nc1ccc(COC(=O)N(C)CC(=O)ON2C(=O)c3ccccc3C2=O)cc1. The number of alkyl carbamates (subject to hydrolysis) is 1. The molecule has 6 amide bonds. The number of anilines is 1. The number of hydroxylamine groups is 2. The number of benzene rings is 2. The van der Waals surface area contributed by atoms with E-state index in [-0.39, 0.29) is 17.7 Å². The number of nitrogens with zero attached hydrogens (tertiary/aromatic N) is 2. The molecule has 2 atom stereocenters. The van der Waals surface area contributed by atoms with Gasteiger partial charge in [0.15, 0.2) is 0 Å². The molecule has 15 nitrogen and oxygen atoms in total. The predicted octanol–water partition coefficient (Wildman–Crippen LogP) is 2.37. The fourth-order valence-corrected chi connectivity index (χ4v) is 3.78. The van der Waals surface area contributed by atoms with E-state index < -0.39 is 66.0 Å². The van der Waals surface area contributed by atoms with Crippen molar-refractivity contribution in [2.45, 2.75) is 58.9 Å². The molecular weight excluding hydrogens is 590 g/mol. The summed E-state index contributed by atoms with van der Waals surface area (Å²) in [5, 5.41) is 7.91. The van der Waals surface area contributed by atoms with E-state index in [0.29, 0.717) is 16.3 Å². The summed E-state index contributed by atoms with van der Waals surface area (Å²) >= 11 is 0. The third-order valence-electron chi connectivity index (χ3n) is 6.09. The number of likely N-dealkylation sites (N-methyl/N-ethyl adjacent to an activating group) is 1. The zero-order valence-corrected chi connectivity index (χ0v) is 25.7. The van der Waals surface area contributed by atoms with E-state index in [9.17, 15) is 33.6 Å². The smallest absolute Gasteiger partial charge is 0.410 e. The summed E-state index contributed by atoms with van der Waals surface area (Å²) in [6.07, 6.45) is -1.63. The van der Waals surface area contributed by atoms with Crippen LogP contribution >= 0.6 is 0 Å². The Balaban J connectivity index is 1.41. The fraction of sp³-hybridized carbons (Fsp3) is 0.367. The second-order valence-corrected chi connectivity index (χ2v) is 11.1. The van der Waals surface area contributed by atoms with Gasteiger partial charge in [0, 0.05) is 12.7 Å². The Labute approximate surface area is 259 Å². The highest BCUT2D eigenvalue weighted by molar-refractivity contribution is 6.20. The van der Waals surface area contributed by atoms with Crippen LogP contribution in [0.15, 0.2) is 48.5 Å². The topological polar surface area (TPSA) is 190 Å². The molecule has 3 N–H and O–H groups in total. The summed E-state index contributed by atoms with van der Waals surface area (Å²) in [5.74, 6) is -3.68. The van der Waals surface area contributed by atoms with Crippen LogP contribution in [0.4, 0.5) is 15.3 Å². The van der Waals surface area contributed by atoms with Gasteiger partial charge >= 0.3 is 18.2 Å². The van der Waals surface area contributed by atoms with Gasteiger partial charge in [0.2, 0.25) is 11.8 Å². The van der Waals surface area contributed by atoms with Crippen LogP contribution < -0.4 is 16.0 Å². The van der Waals surface area contributed by atoms with Crippen LogP contribution in [0.25, 0.3) is 0 Å². The number of carbonyl (C=O) groups is 7. The molecule has 1 aliphatic rings. The first-order chi connectivity index (χ1) is 21.1. The van der Waals surface area contributed by atoms with E-state index in [0.717, 1.165) is 4.90 Å². The van der Waals surface area contributed by atoms with Crippen LogP contribution in [0.5, 0.6) is 0 Å². The number of hydrogen-bond donors (Lipinski definition) is 3.